The summed E-state index contributed by atoms with van der Waals surface area (Å²) in [6.45, 7) is 0.0547. The van der Waals surface area contributed by atoms with Crippen molar-refractivity contribution < 1.29 is 31.9 Å². The van der Waals surface area contributed by atoms with Crippen molar-refractivity contribution >= 4 is 17.5 Å². The van der Waals surface area contributed by atoms with Gasteiger partial charge in [-0.05, 0) is 42.5 Å². The second-order valence-electron chi connectivity index (χ2n) is 6.22. The molecule has 0 aliphatic carbocycles. The number of nitrogens with zero attached hydrogens (tertiary/aromatic N) is 3. The maximum atomic E-state index is 13.6. The lowest BCUT2D eigenvalue weighted by molar-refractivity contribution is -0.143. The van der Waals surface area contributed by atoms with E-state index in [2.05, 4.69) is 15.6 Å². The molecule has 3 aromatic rings. The maximum Gasteiger partial charge on any atom is 0.435 e. The van der Waals surface area contributed by atoms with E-state index >= 15 is 0 Å². The number of aromatic nitrogens is 3. The van der Waals surface area contributed by atoms with Crippen molar-refractivity contribution in [2.45, 2.75) is 12.6 Å². The van der Waals surface area contributed by atoms with Crippen LogP contribution in [-0.4, -0.2) is 33.4 Å². The summed E-state index contributed by atoms with van der Waals surface area (Å²) < 4.78 is 59.9. The molecule has 0 spiro atoms. The van der Waals surface area contributed by atoms with E-state index in [4.69, 9.17) is 10.5 Å². The summed E-state index contributed by atoms with van der Waals surface area (Å²) in [4.78, 5) is 23.1. The third kappa shape index (κ3) is 5.35. The number of carbonyl (C=O) groups is 2. The van der Waals surface area contributed by atoms with Gasteiger partial charge in [-0.2, -0.15) is 13.2 Å². The van der Waals surface area contributed by atoms with E-state index in [1.807, 2.05) is 0 Å². The Morgan fingerprint density at radius 1 is 1.13 bits per heavy atom. The maximum absolute atomic E-state index is 13.6. The van der Waals surface area contributed by atoms with E-state index in [9.17, 15) is 27.2 Å². The second-order valence-corrected chi connectivity index (χ2v) is 6.22. The zero-order valence-corrected chi connectivity index (χ0v) is 15.7. The quantitative estimate of drug-likeness (QED) is 0.552. The smallest absolute Gasteiger partial charge is 0.435 e. The number of rotatable bonds is 7. The van der Waals surface area contributed by atoms with Crippen LogP contribution in [0.3, 0.4) is 0 Å². The van der Waals surface area contributed by atoms with Gasteiger partial charge in [-0.3, -0.25) is 9.59 Å². The third-order valence-corrected chi connectivity index (χ3v) is 3.94. The van der Waals surface area contributed by atoms with Crippen molar-refractivity contribution in [2.75, 3.05) is 11.9 Å². The minimum Gasteiger partial charge on any atom is -0.493 e. The predicted molar refractivity (Wildman–Crippen MR) is 100 cm³/mol. The monoisotopic (exact) mass is 437 g/mol. The number of ether oxygens (including phenoxy) is 1. The Hall–Kier alpha value is -3.96. The van der Waals surface area contributed by atoms with Crippen LogP contribution in [0.15, 0.2) is 48.5 Å². The molecule has 2 amide bonds. The van der Waals surface area contributed by atoms with Crippen molar-refractivity contribution in [1.29, 1.82) is 0 Å². The molecule has 0 saturated heterocycles. The number of primary amides is 1. The Kier molecular flexibility index (Phi) is 6.18. The molecule has 0 fully saturated rings. The van der Waals surface area contributed by atoms with E-state index in [-0.39, 0.29) is 24.4 Å². The fourth-order valence-corrected chi connectivity index (χ4v) is 2.57. The average molecular weight is 437 g/mol. The molecule has 8 nitrogen and oxygen atoms in total. The molecule has 0 aliphatic heterocycles. The first kappa shape index (κ1) is 21.7. The molecule has 0 saturated carbocycles. The highest BCUT2D eigenvalue weighted by atomic mass is 19.4. The van der Waals surface area contributed by atoms with Gasteiger partial charge in [0.2, 0.25) is 5.91 Å². The van der Waals surface area contributed by atoms with Crippen LogP contribution in [0.2, 0.25) is 0 Å². The molecule has 0 radical (unpaired) electrons. The van der Waals surface area contributed by atoms with Gasteiger partial charge in [-0.1, -0.05) is 11.3 Å². The van der Waals surface area contributed by atoms with Crippen LogP contribution in [0.1, 0.15) is 22.6 Å². The van der Waals surface area contributed by atoms with Gasteiger partial charge in [0.15, 0.2) is 11.4 Å². The molecule has 12 heteroatoms. The zero-order valence-electron chi connectivity index (χ0n) is 15.7. The van der Waals surface area contributed by atoms with E-state index < -0.39 is 35.2 Å². The summed E-state index contributed by atoms with van der Waals surface area (Å²) in [6.07, 6.45) is -4.97. The minimum atomic E-state index is -4.99. The Morgan fingerprint density at radius 2 is 1.84 bits per heavy atom. The molecule has 31 heavy (non-hydrogen) atoms. The Morgan fingerprint density at radius 3 is 2.45 bits per heavy atom. The number of benzene rings is 2. The summed E-state index contributed by atoms with van der Waals surface area (Å²) in [6, 6.07) is 9.98. The van der Waals surface area contributed by atoms with Crippen molar-refractivity contribution in [3.05, 3.63) is 65.7 Å². The highest BCUT2D eigenvalue weighted by Crippen LogP contribution is 2.33. The number of alkyl halides is 3. The first-order chi connectivity index (χ1) is 14.6. The van der Waals surface area contributed by atoms with Crippen LogP contribution in [-0.2, 0) is 11.0 Å². The van der Waals surface area contributed by atoms with Crippen molar-refractivity contribution in [2.24, 2.45) is 5.73 Å². The Balaban J connectivity index is 1.81. The molecular formula is C19H15F4N5O3. The first-order valence-electron chi connectivity index (χ1n) is 8.76. The predicted octanol–water partition coefficient (Wildman–Crippen LogP) is 2.93. The van der Waals surface area contributed by atoms with Gasteiger partial charge in [-0.25, -0.2) is 9.07 Å². The van der Waals surface area contributed by atoms with Crippen molar-refractivity contribution in [3.63, 3.8) is 0 Å². The Labute approximate surface area is 172 Å². The first-order valence-corrected chi connectivity index (χ1v) is 8.76. The molecular weight excluding hydrogens is 422 g/mol. The molecule has 1 aromatic heterocycles. The highest BCUT2D eigenvalue weighted by molar-refractivity contribution is 6.03. The number of halogens is 4. The lowest BCUT2D eigenvalue weighted by Gasteiger charge is -2.11. The zero-order chi connectivity index (χ0) is 22.6. The number of hydrogen-bond acceptors (Lipinski definition) is 5. The summed E-state index contributed by atoms with van der Waals surface area (Å²) in [5.74, 6) is -2.09. The van der Waals surface area contributed by atoms with Gasteiger partial charge in [-0.15, -0.1) is 5.10 Å². The number of amides is 2. The number of hydrogen-bond donors (Lipinski definition) is 2. The van der Waals surface area contributed by atoms with Crippen LogP contribution in [0.4, 0.5) is 23.2 Å². The van der Waals surface area contributed by atoms with Gasteiger partial charge in [0.25, 0.3) is 5.91 Å². The van der Waals surface area contributed by atoms with E-state index in [1.54, 1.807) is 0 Å². The lowest BCUT2D eigenvalue weighted by Crippen LogP contribution is -2.21. The van der Waals surface area contributed by atoms with Gasteiger partial charge in [0.05, 0.1) is 18.7 Å². The molecule has 2 aromatic carbocycles. The molecule has 0 atom stereocenters. The van der Waals surface area contributed by atoms with Crippen LogP contribution < -0.4 is 15.8 Å². The highest BCUT2D eigenvalue weighted by Gasteiger charge is 2.42. The summed E-state index contributed by atoms with van der Waals surface area (Å²) >= 11 is 0. The molecule has 0 bridgehead atoms. The largest absolute Gasteiger partial charge is 0.493 e. The fraction of sp³-hybridized carbons (Fsp3) is 0.158. The standard InChI is InChI=1S/C19H15F4N5O3/c20-11-2-1-3-13(10-11)28-17(19(21,22)23)16(26-27-28)18(30)25-12-4-6-14(7-5-12)31-9-8-15(24)29/h1-7,10H,8-9H2,(H2,24,29)(H,25,30). The normalized spacial score (nSPS) is 11.2. The van der Waals surface area contributed by atoms with E-state index in [0.29, 0.717) is 10.4 Å². The van der Waals surface area contributed by atoms with E-state index in [1.165, 1.54) is 36.4 Å². The number of carbonyl (C=O) groups excluding carboxylic acids is 2. The molecule has 162 valence electrons. The molecule has 3 rings (SSSR count). The summed E-state index contributed by atoms with van der Waals surface area (Å²) in [5, 5.41) is 9.02. The fourth-order valence-electron chi connectivity index (χ4n) is 2.57. The Bertz CT molecular complexity index is 1100. The topological polar surface area (TPSA) is 112 Å². The third-order valence-electron chi connectivity index (χ3n) is 3.94. The van der Waals surface area contributed by atoms with Crippen LogP contribution in [0.25, 0.3) is 5.69 Å². The lowest BCUT2D eigenvalue weighted by atomic mass is 10.2. The SMILES string of the molecule is NC(=O)CCOc1ccc(NC(=O)c2nnn(-c3cccc(F)c3)c2C(F)(F)F)cc1. The second kappa shape index (κ2) is 8.81. The minimum absolute atomic E-state index is 0.0136. The van der Waals surface area contributed by atoms with Crippen LogP contribution in [0.5, 0.6) is 5.75 Å². The van der Waals surface area contributed by atoms with Gasteiger partial charge >= 0.3 is 6.18 Å². The van der Waals surface area contributed by atoms with Crippen LogP contribution >= 0.6 is 0 Å². The average Bonchev–Trinajstić information content (AvgIpc) is 3.15. The molecule has 1 heterocycles. The van der Waals surface area contributed by atoms with Gasteiger partial charge in [0, 0.05) is 5.69 Å². The number of nitrogens with one attached hydrogen (secondary N) is 1. The summed E-state index contributed by atoms with van der Waals surface area (Å²) in [7, 11) is 0. The molecule has 3 N–H and O–H groups in total. The molecule has 0 unspecified atom stereocenters. The number of nitrogens with two attached hydrogens (primary N) is 1. The van der Waals surface area contributed by atoms with Crippen LogP contribution in [0, 0.1) is 5.82 Å². The van der Waals surface area contributed by atoms with Crippen molar-refractivity contribution in [3.8, 4) is 11.4 Å². The van der Waals surface area contributed by atoms with E-state index in [0.717, 1.165) is 12.1 Å². The van der Waals surface area contributed by atoms with Gasteiger partial charge in [0.1, 0.15) is 11.6 Å². The van der Waals surface area contributed by atoms with Crippen molar-refractivity contribution in [1.82, 2.24) is 15.0 Å². The molecule has 0 aliphatic rings. The number of anilines is 1. The summed E-state index contributed by atoms with van der Waals surface area (Å²) in [5.41, 5.74) is 2.51. The van der Waals surface area contributed by atoms with Gasteiger partial charge < -0.3 is 15.8 Å².